The van der Waals surface area contributed by atoms with Crippen LogP contribution in [-0.4, -0.2) is 36.0 Å². The number of hydrogen-bond donors (Lipinski definition) is 1. The summed E-state index contributed by atoms with van der Waals surface area (Å²) in [7, 11) is 0. The molecule has 1 aliphatic heterocycles. The highest BCUT2D eigenvalue weighted by Crippen LogP contribution is 2.42. The zero-order valence-corrected chi connectivity index (χ0v) is 16.0. The van der Waals surface area contributed by atoms with Crippen LogP contribution in [0.15, 0.2) is 22.7 Å². The lowest BCUT2D eigenvalue weighted by Gasteiger charge is -2.43. The standard InChI is InChI=1S/C15H20BrN3O2.2ClH/c16-13-5-4-12(10-14(13)19(20)21)15(11-2-1-3-11)18-8-6-17-7-9-18;;/h4-5,10-11,15,17H,1-3,6-9H2;2*1H/t15-;;/m1../s1. The highest BCUT2D eigenvalue weighted by molar-refractivity contribution is 9.10. The van der Waals surface area contributed by atoms with Gasteiger partial charge in [-0.3, -0.25) is 15.0 Å². The number of nitro groups is 1. The average molecular weight is 427 g/mol. The Bertz CT molecular complexity index is 537. The molecule has 1 saturated carbocycles. The zero-order chi connectivity index (χ0) is 14.8. The normalized spacial score (nSPS) is 19.9. The maximum Gasteiger partial charge on any atom is 0.283 e. The van der Waals surface area contributed by atoms with E-state index in [1.54, 1.807) is 6.07 Å². The fourth-order valence-electron chi connectivity index (χ4n) is 3.35. The van der Waals surface area contributed by atoms with Gasteiger partial charge in [0, 0.05) is 38.3 Å². The van der Waals surface area contributed by atoms with E-state index in [9.17, 15) is 10.1 Å². The third-order valence-corrected chi connectivity index (χ3v) is 5.32. The van der Waals surface area contributed by atoms with Crippen LogP contribution in [0.5, 0.6) is 0 Å². The molecule has 1 aliphatic carbocycles. The quantitative estimate of drug-likeness (QED) is 0.584. The van der Waals surface area contributed by atoms with Gasteiger partial charge in [0.1, 0.15) is 0 Å². The summed E-state index contributed by atoms with van der Waals surface area (Å²) in [5, 5.41) is 14.6. The Hall–Kier alpha value is -0.400. The van der Waals surface area contributed by atoms with E-state index in [0.717, 1.165) is 31.7 Å². The Balaban J connectivity index is 0.00000132. The molecule has 0 unspecified atom stereocenters. The minimum atomic E-state index is -0.302. The van der Waals surface area contributed by atoms with Gasteiger partial charge in [0.15, 0.2) is 0 Å². The van der Waals surface area contributed by atoms with Crippen molar-refractivity contribution in [2.75, 3.05) is 26.2 Å². The zero-order valence-electron chi connectivity index (χ0n) is 12.7. The predicted octanol–water partition coefficient (Wildman–Crippen LogP) is 3.95. The van der Waals surface area contributed by atoms with Gasteiger partial charge in [0.05, 0.1) is 9.40 Å². The van der Waals surface area contributed by atoms with Crippen LogP contribution in [0.25, 0.3) is 0 Å². The summed E-state index contributed by atoms with van der Waals surface area (Å²) in [5.41, 5.74) is 1.27. The van der Waals surface area contributed by atoms with Gasteiger partial charge in [-0.05, 0) is 46.3 Å². The summed E-state index contributed by atoms with van der Waals surface area (Å²) in [6.45, 7) is 4.04. The Morgan fingerprint density at radius 1 is 1.26 bits per heavy atom. The molecule has 1 saturated heterocycles. The first-order valence-electron chi connectivity index (χ1n) is 7.55. The van der Waals surface area contributed by atoms with Crippen molar-refractivity contribution in [3.05, 3.63) is 38.3 Å². The van der Waals surface area contributed by atoms with Crippen LogP contribution in [0.3, 0.4) is 0 Å². The van der Waals surface area contributed by atoms with Crippen molar-refractivity contribution >= 4 is 46.4 Å². The molecule has 23 heavy (non-hydrogen) atoms. The molecule has 0 aromatic heterocycles. The SMILES string of the molecule is Cl.Cl.O=[N+]([O-])c1cc([C@@H](C2CCC2)N2CCNCC2)ccc1Br. The van der Waals surface area contributed by atoms with Gasteiger partial charge in [0.25, 0.3) is 5.69 Å². The third-order valence-electron chi connectivity index (χ3n) is 4.65. The Kier molecular flexibility index (Phi) is 8.24. The monoisotopic (exact) mass is 425 g/mol. The number of benzene rings is 1. The van der Waals surface area contributed by atoms with Crippen molar-refractivity contribution < 1.29 is 4.92 Å². The number of hydrogen-bond acceptors (Lipinski definition) is 4. The molecule has 0 amide bonds. The Labute approximate surface area is 157 Å². The van der Waals surface area contributed by atoms with Crippen LogP contribution in [-0.2, 0) is 0 Å². The van der Waals surface area contributed by atoms with Crippen molar-refractivity contribution in [3.63, 3.8) is 0 Å². The lowest BCUT2D eigenvalue weighted by atomic mass is 9.76. The van der Waals surface area contributed by atoms with Gasteiger partial charge in [-0.15, -0.1) is 24.8 Å². The van der Waals surface area contributed by atoms with Crippen LogP contribution >= 0.6 is 40.7 Å². The molecule has 2 fully saturated rings. The molecule has 0 bridgehead atoms. The first kappa shape index (κ1) is 20.6. The smallest absolute Gasteiger partial charge is 0.283 e. The van der Waals surface area contributed by atoms with Crippen LogP contribution in [0.2, 0.25) is 0 Å². The van der Waals surface area contributed by atoms with E-state index in [-0.39, 0.29) is 35.4 Å². The maximum atomic E-state index is 11.2. The second-order valence-electron chi connectivity index (χ2n) is 5.89. The highest BCUT2D eigenvalue weighted by Gasteiger charge is 2.34. The molecule has 1 heterocycles. The molecule has 130 valence electrons. The van der Waals surface area contributed by atoms with E-state index >= 15 is 0 Å². The fraction of sp³-hybridized carbons (Fsp3) is 0.600. The Morgan fingerprint density at radius 2 is 1.91 bits per heavy atom. The molecular weight excluding hydrogens is 405 g/mol. The van der Waals surface area contributed by atoms with E-state index in [1.807, 2.05) is 12.1 Å². The van der Waals surface area contributed by atoms with Crippen molar-refractivity contribution in [3.8, 4) is 0 Å². The average Bonchev–Trinajstić information content (AvgIpc) is 2.44. The molecule has 0 radical (unpaired) electrons. The van der Waals surface area contributed by atoms with E-state index < -0.39 is 0 Å². The molecule has 1 N–H and O–H groups in total. The second kappa shape index (κ2) is 9.18. The lowest BCUT2D eigenvalue weighted by molar-refractivity contribution is -0.385. The van der Waals surface area contributed by atoms with Gasteiger partial charge >= 0.3 is 0 Å². The highest BCUT2D eigenvalue weighted by atomic mass is 79.9. The van der Waals surface area contributed by atoms with Crippen molar-refractivity contribution in [1.82, 2.24) is 10.2 Å². The summed E-state index contributed by atoms with van der Waals surface area (Å²) in [5.74, 6) is 0.642. The summed E-state index contributed by atoms with van der Waals surface area (Å²) in [6, 6.07) is 5.95. The van der Waals surface area contributed by atoms with Crippen molar-refractivity contribution in [1.29, 1.82) is 0 Å². The van der Waals surface area contributed by atoms with Gasteiger partial charge < -0.3 is 5.32 Å². The molecule has 1 atom stereocenters. The van der Waals surface area contributed by atoms with Crippen molar-refractivity contribution in [2.24, 2.45) is 5.92 Å². The Morgan fingerprint density at radius 3 is 2.43 bits per heavy atom. The van der Waals surface area contributed by atoms with Crippen LogP contribution in [0, 0.1) is 16.0 Å². The predicted molar refractivity (Wildman–Crippen MR) is 99.8 cm³/mol. The number of rotatable bonds is 4. The molecule has 1 aromatic carbocycles. The second-order valence-corrected chi connectivity index (χ2v) is 6.74. The number of piperazine rings is 1. The topological polar surface area (TPSA) is 58.4 Å². The number of nitro benzene ring substituents is 1. The number of nitrogens with one attached hydrogen (secondary N) is 1. The van der Waals surface area contributed by atoms with Gasteiger partial charge in [-0.25, -0.2) is 0 Å². The molecule has 0 spiro atoms. The fourth-order valence-corrected chi connectivity index (χ4v) is 3.74. The van der Waals surface area contributed by atoms with Crippen LogP contribution in [0.1, 0.15) is 30.9 Å². The maximum absolute atomic E-state index is 11.2. The molecular formula is C15H22BrCl2N3O2. The number of halogens is 3. The minimum absolute atomic E-state index is 0. The summed E-state index contributed by atoms with van der Waals surface area (Å²) in [6.07, 6.45) is 3.75. The summed E-state index contributed by atoms with van der Waals surface area (Å²) in [4.78, 5) is 13.4. The molecule has 3 rings (SSSR count). The van der Waals surface area contributed by atoms with Gasteiger partial charge in [0.2, 0.25) is 0 Å². The summed E-state index contributed by atoms with van der Waals surface area (Å²) >= 11 is 3.28. The molecule has 2 aliphatic rings. The first-order chi connectivity index (χ1) is 10.2. The molecule has 1 aromatic rings. The minimum Gasteiger partial charge on any atom is -0.314 e. The van der Waals surface area contributed by atoms with Gasteiger partial charge in [-0.2, -0.15) is 0 Å². The van der Waals surface area contributed by atoms with Crippen LogP contribution < -0.4 is 5.32 Å². The van der Waals surface area contributed by atoms with Crippen molar-refractivity contribution in [2.45, 2.75) is 25.3 Å². The number of nitrogens with zero attached hydrogens (tertiary/aromatic N) is 2. The molecule has 8 heteroatoms. The largest absolute Gasteiger partial charge is 0.314 e. The van der Waals surface area contributed by atoms with E-state index in [0.29, 0.717) is 16.4 Å². The molecule has 5 nitrogen and oxygen atoms in total. The van der Waals surface area contributed by atoms with E-state index in [1.165, 1.54) is 19.3 Å². The van der Waals surface area contributed by atoms with Gasteiger partial charge in [-0.1, -0.05) is 12.5 Å². The first-order valence-corrected chi connectivity index (χ1v) is 8.35. The lowest BCUT2D eigenvalue weighted by Crippen LogP contribution is -2.47. The van der Waals surface area contributed by atoms with Crippen LogP contribution in [0.4, 0.5) is 5.69 Å². The third kappa shape index (κ3) is 4.57. The van der Waals surface area contributed by atoms with E-state index in [4.69, 9.17) is 0 Å². The van der Waals surface area contributed by atoms with E-state index in [2.05, 4.69) is 26.1 Å². The summed E-state index contributed by atoms with van der Waals surface area (Å²) < 4.78 is 0.559.